The Labute approximate surface area is 154 Å². The number of hydrogen-bond acceptors (Lipinski definition) is 4. The molecule has 0 spiro atoms. The van der Waals surface area contributed by atoms with Crippen molar-refractivity contribution < 1.29 is 14.4 Å². The summed E-state index contributed by atoms with van der Waals surface area (Å²) in [6.07, 6.45) is 2.74. The van der Waals surface area contributed by atoms with Crippen molar-refractivity contribution in [3.05, 3.63) is 38.7 Å². The van der Waals surface area contributed by atoms with Crippen LogP contribution in [-0.2, 0) is 9.59 Å². The molecule has 128 valence electrons. The number of nitrogens with zero attached hydrogens (tertiary/aromatic N) is 1. The average Bonchev–Trinajstić information content (AvgIpc) is 2.78. The molecule has 3 amide bonds. The van der Waals surface area contributed by atoms with E-state index in [0.29, 0.717) is 26.9 Å². The molecule has 1 aliphatic rings. The van der Waals surface area contributed by atoms with Crippen LogP contribution in [0, 0.1) is 0 Å². The van der Waals surface area contributed by atoms with E-state index >= 15 is 0 Å². The number of halogens is 2. The topological polar surface area (TPSA) is 66.5 Å². The zero-order chi connectivity index (χ0) is 17.7. The average molecular weight is 387 g/mol. The molecule has 0 aromatic heterocycles. The molecule has 0 radical (unpaired) electrons. The third-order valence-electron chi connectivity index (χ3n) is 3.26. The highest BCUT2D eigenvalue weighted by Crippen LogP contribution is 2.33. The van der Waals surface area contributed by atoms with E-state index in [1.807, 2.05) is 6.92 Å². The lowest BCUT2D eigenvalue weighted by Crippen LogP contribution is -2.37. The molecule has 24 heavy (non-hydrogen) atoms. The second kappa shape index (κ2) is 8.55. The van der Waals surface area contributed by atoms with Gasteiger partial charge in [-0.3, -0.25) is 19.3 Å². The van der Waals surface area contributed by atoms with Gasteiger partial charge in [0.15, 0.2) is 0 Å². The van der Waals surface area contributed by atoms with E-state index in [9.17, 15) is 14.4 Å². The van der Waals surface area contributed by atoms with Crippen LogP contribution in [-0.4, -0.2) is 35.0 Å². The summed E-state index contributed by atoms with van der Waals surface area (Å²) in [5.41, 5.74) is 0.614. The summed E-state index contributed by atoms with van der Waals surface area (Å²) in [6, 6.07) is 4.92. The van der Waals surface area contributed by atoms with Crippen molar-refractivity contribution in [2.24, 2.45) is 0 Å². The Kier molecular flexibility index (Phi) is 6.71. The van der Waals surface area contributed by atoms with Gasteiger partial charge >= 0.3 is 0 Å². The lowest BCUT2D eigenvalue weighted by Gasteiger charge is -2.12. The van der Waals surface area contributed by atoms with Crippen LogP contribution in [0.25, 0.3) is 6.08 Å². The van der Waals surface area contributed by atoms with Gasteiger partial charge in [0.25, 0.3) is 11.1 Å². The molecular weight excluding hydrogens is 371 g/mol. The normalized spacial score (nSPS) is 16.1. The quantitative estimate of drug-likeness (QED) is 0.751. The molecule has 1 aromatic carbocycles. The third-order valence-corrected chi connectivity index (χ3v) is 4.73. The van der Waals surface area contributed by atoms with E-state index in [1.54, 1.807) is 24.3 Å². The van der Waals surface area contributed by atoms with Crippen molar-refractivity contribution in [1.82, 2.24) is 10.2 Å². The largest absolute Gasteiger partial charge is 0.354 e. The number of rotatable bonds is 6. The van der Waals surface area contributed by atoms with Gasteiger partial charge < -0.3 is 5.32 Å². The molecule has 0 atom stereocenters. The molecule has 1 aromatic rings. The lowest BCUT2D eigenvalue weighted by molar-refractivity contribution is -0.124. The van der Waals surface area contributed by atoms with E-state index in [4.69, 9.17) is 23.2 Å². The molecule has 0 aliphatic carbocycles. The van der Waals surface area contributed by atoms with Crippen molar-refractivity contribution in [2.45, 2.75) is 19.8 Å². The molecule has 0 saturated carbocycles. The molecule has 0 bridgehead atoms. The van der Waals surface area contributed by atoms with E-state index in [2.05, 4.69) is 5.32 Å². The summed E-state index contributed by atoms with van der Waals surface area (Å²) in [7, 11) is 0. The predicted octanol–water partition coefficient (Wildman–Crippen LogP) is 3.95. The molecule has 1 heterocycles. The van der Waals surface area contributed by atoms with Crippen LogP contribution in [0.15, 0.2) is 23.1 Å². The summed E-state index contributed by atoms with van der Waals surface area (Å²) in [6.45, 7) is 2.29. The predicted molar refractivity (Wildman–Crippen MR) is 97.1 cm³/mol. The summed E-state index contributed by atoms with van der Waals surface area (Å²) in [5, 5.41) is 3.22. The van der Waals surface area contributed by atoms with Gasteiger partial charge in [-0.2, -0.15) is 0 Å². The Bertz CT molecular complexity index is 707. The van der Waals surface area contributed by atoms with Crippen LogP contribution in [0.2, 0.25) is 10.0 Å². The third kappa shape index (κ3) is 4.75. The molecule has 0 unspecified atom stereocenters. The highest BCUT2D eigenvalue weighted by Gasteiger charge is 2.34. The summed E-state index contributed by atoms with van der Waals surface area (Å²) in [5.74, 6) is -0.478. The first kappa shape index (κ1) is 18.8. The smallest absolute Gasteiger partial charge is 0.293 e. The molecule has 1 fully saturated rings. The fourth-order valence-electron chi connectivity index (χ4n) is 2.08. The maximum Gasteiger partial charge on any atom is 0.293 e. The lowest BCUT2D eigenvalue weighted by atomic mass is 10.2. The Balaban J connectivity index is 2.03. The molecule has 1 saturated heterocycles. The fourth-order valence-corrected chi connectivity index (χ4v) is 3.39. The minimum absolute atomic E-state index is 0.0899. The van der Waals surface area contributed by atoms with Crippen LogP contribution < -0.4 is 5.32 Å². The van der Waals surface area contributed by atoms with Gasteiger partial charge in [0, 0.05) is 29.6 Å². The molecule has 8 heteroatoms. The maximum atomic E-state index is 12.3. The number of imide groups is 1. The van der Waals surface area contributed by atoms with Gasteiger partial charge in [0.2, 0.25) is 5.91 Å². The summed E-state index contributed by atoms with van der Waals surface area (Å²) < 4.78 is 0. The van der Waals surface area contributed by atoms with Crippen molar-refractivity contribution in [3.63, 3.8) is 0 Å². The first-order valence-corrected chi connectivity index (χ1v) is 8.96. The Hall–Kier alpha value is -1.50. The number of nitrogens with one attached hydrogen (secondary N) is 1. The second-order valence-electron chi connectivity index (χ2n) is 5.10. The zero-order valence-corrected chi connectivity index (χ0v) is 15.3. The number of thioether (sulfide) groups is 1. The zero-order valence-electron chi connectivity index (χ0n) is 13.0. The Morgan fingerprint density at radius 3 is 2.75 bits per heavy atom. The first-order chi connectivity index (χ1) is 11.4. The molecular formula is C16H16Cl2N2O3S. The summed E-state index contributed by atoms with van der Waals surface area (Å²) in [4.78, 5) is 37.1. The van der Waals surface area contributed by atoms with Crippen LogP contribution in [0.3, 0.4) is 0 Å². The number of benzene rings is 1. The van der Waals surface area contributed by atoms with Crippen LogP contribution in [0.5, 0.6) is 0 Å². The molecule has 1 N–H and O–H groups in total. The number of carbonyl (C=O) groups excluding carboxylic acids is 3. The van der Waals surface area contributed by atoms with E-state index in [1.165, 1.54) is 0 Å². The van der Waals surface area contributed by atoms with Crippen LogP contribution >= 0.6 is 35.0 Å². The van der Waals surface area contributed by atoms with Crippen molar-refractivity contribution in [1.29, 1.82) is 0 Å². The fraction of sp³-hybridized carbons (Fsp3) is 0.312. The molecule has 5 nitrogen and oxygen atoms in total. The van der Waals surface area contributed by atoms with Gasteiger partial charge in [0.1, 0.15) is 0 Å². The van der Waals surface area contributed by atoms with Gasteiger partial charge in [-0.1, -0.05) is 36.2 Å². The number of hydrogen-bond donors (Lipinski definition) is 1. The van der Waals surface area contributed by atoms with Gasteiger partial charge in [-0.25, -0.2) is 0 Å². The van der Waals surface area contributed by atoms with Crippen molar-refractivity contribution in [3.8, 4) is 0 Å². The van der Waals surface area contributed by atoms with E-state index in [0.717, 1.165) is 23.1 Å². The standard InChI is InChI=1S/C16H16Cl2N2O3S/c1-2-3-14(21)19-6-7-20-15(22)13(24-16(20)23)8-10-4-5-11(17)9-12(10)18/h4-5,8-9H,2-3,6-7H2,1H3,(H,19,21). The number of amides is 3. The Morgan fingerprint density at radius 1 is 1.33 bits per heavy atom. The molecule has 2 rings (SSSR count). The molecule has 1 aliphatic heterocycles. The second-order valence-corrected chi connectivity index (χ2v) is 6.94. The highest BCUT2D eigenvalue weighted by atomic mass is 35.5. The minimum Gasteiger partial charge on any atom is -0.354 e. The van der Waals surface area contributed by atoms with Crippen LogP contribution in [0.4, 0.5) is 4.79 Å². The van der Waals surface area contributed by atoms with E-state index < -0.39 is 0 Å². The SMILES string of the molecule is CCCC(=O)NCCN1C(=O)SC(=Cc2ccc(Cl)cc2Cl)C1=O. The first-order valence-electron chi connectivity index (χ1n) is 7.39. The van der Waals surface area contributed by atoms with Crippen molar-refractivity contribution >= 4 is 58.1 Å². The minimum atomic E-state index is -0.388. The Morgan fingerprint density at radius 2 is 2.08 bits per heavy atom. The highest BCUT2D eigenvalue weighted by molar-refractivity contribution is 8.18. The van der Waals surface area contributed by atoms with Crippen LogP contribution in [0.1, 0.15) is 25.3 Å². The van der Waals surface area contributed by atoms with Gasteiger partial charge in [-0.15, -0.1) is 0 Å². The summed E-state index contributed by atoms with van der Waals surface area (Å²) >= 11 is 12.8. The van der Waals surface area contributed by atoms with Gasteiger partial charge in [-0.05, 0) is 42.0 Å². The van der Waals surface area contributed by atoms with Gasteiger partial charge in [0.05, 0.1) is 4.91 Å². The maximum absolute atomic E-state index is 12.3. The van der Waals surface area contributed by atoms with E-state index in [-0.39, 0.29) is 30.1 Å². The van der Waals surface area contributed by atoms with Crippen molar-refractivity contribution in [2.75, 3.05) is 13.1 Å². The monoisotopic (exact) mass is 386 g/mol. The number of carbonyl (C=O) groups is 3.